The molecule has 0 spiro atoms. The summed E-state index contributed by atoms with van der Waals surface area (Å²) in [4.78, 5) is 33.6. The number of fused-ring (bicyclic) bond motifs is 1. The van der Waals surface area contributed by atoms with E-state index in [0.717, 1.165) is 23.8 Å². The fourth-order valence-corrected chi connectivity index (χ4v) is 5.79. The van der Waals surface area contributed by atoms with E-state index in [4.69, 9.17) is 4.42 Å². The van der Waals surface area contributed by atoms with E-state index < -0.39 is 11.6 Å². The average molecular weight is 580 g/mol. The molecule has 1 aliphatic carbocycles. The number of carbonyl (C=O) groups excluding carboxylic acids is 2. The van der Waals surface area contributed by atoms with Gasteiger partial charge in [-0.15, -0.1) is 10.2 Å². The van der Waals surface area contributed by atoms with Crippen LogP contribution >= 0.6 is 0 Å². The van der Waals surface area contributed by atoms with Gasteiger partial charge in [0.1, 0.15) is 23.1 Å². The summed E-state index contributed by atoms with van der Waals surface area (Å²) in [6.45, 7) is 3.01. The zero-order valence-electron chi connectivity index (χ0n) is 23.6. The number of nitrogens with zero attached hydrogens (tertiary/aromatic N) is 6. The molecule has 4 heterocycles. The highest BCUT2D eigenvalue weighted by molar-refractivity contribution is 6.00. The molecule has 1 atom stereocenters. The standard InChI is InChI=1S/C32H30FN7O3/c1-20-36-38-40(37-20)29(21-5-3-2-4-6-21)22-10-15-39(16-11-22)30(41)26-18-23(9-14-34-26)28-19-24-17-25(7-8-27(24)43-28)35-31(42)32(33)12-13-32/h2-9,14,17-19,22,29H,10-13,15-16H2,1H3,(H,35,42)/t29-/m1/s1. The van der Waals surface area contributed by atoms with E-state index in [1.165, 1.54) is 0 Å². The van der Waals surface area contributed by atoms with Crippen molar-refractivity contribution in [3.8, 4) is 11.3 Å². The summed E-state index contributed by atoms with van der Waals surface area (Å²) < 4.78 is 20.1. The fourth-order valence-electron chi connectivity index (χ4n) is 5.79. The summed E-state index contributed by atoms with van der Waals surface area (Å²) in [7, 11) is 0. The second-order valence-electron chi connectivity index (χ2n) is 11.4. The first-order valence-corrected chi connectivity index (χ1v) is 14.5. The molecule has 11 heteroatoms. The van der Waals surface area contributed by atoms with E-state index in [9.17, 15) is 14.0 Å². The first-order valence-electron chi connectivity index (χ1n) is 14.5. The molecule has 0 radical (unpaired) electrons. The highest BCUT2D eigenvalue weighted by atomic mass is 19.1. The van der Waals surface area contributed by atoms with E-state index in [2.05, 4.69) is 37.8 Å². The summed E-state index contributed by atoms with van der Waals surface area (Å²) in [5, 5.41) is 16.3. The van der Waals surface area contributed by atoms with Crippen molar-refractivity contribution in [2.45, 2.75) is 44.3 Å². The van der Waals surface area contributed by atoms with Crippen molar-refractivity contribution in [3.05, 3.63) is 90.0 Å². The van der Waals surface area contributed by atoms with E-state index in [1.54, 1.807) is 41.3 Å². The van der Waals surface area contributed by atoms with Gasteiger partial charge in [0.2, 0.25) is 0 Å². The van der Waals surface area contributed by atoms with Crippen LogP contribution in [0.5, 0.6) is 0 Å². The van der Waals surface area contributed by atoms with Crippen molar-refractivity contribution < 1.29 is 18.4 Å². The lowest BCUT2D eigenvalue weighted by atomic mass is 9.85. The van der Waals surface area contributed by atoms with Gasteiger partial charge in [-0.3, -0.25) is 14.6 Å². The minimum atomic E-state index is -1.75. The molecule has 7 rings (SSSR count). The normalized spacial score (nSPS) is 17.1. The van der Waals surface area contributed by atoms with Crippen LogP contribution in [0.2, 0.25) is 0 Å². The molecule has 1 saturated heterocycles. The maximum atomic E-state index is 14.1. The molecule has 218 valence electrons. The molecule has 0 unspecified atom stereocenters. The Hall–Kier alpha value is -4.93. The number of likely N-dealkylation sites (tertiary alicyclic amines) is 1. The molecule has 2 fully saturated rings. The Kier molecular flexibility index (Phi) is 6.72. The predicted octanol–water partition coefficient (Wildman–Crippen LogP) is 5.37. The van der Waals surface area contributed by atoms with Crippen LogP contribution < -0.4 is 5.32 Å². The first kappa shape index (κ1) is 26.9. The molecule has 5 aromatic rings. The van der Waals surface area contributed by atoms with Gasteiger partial charge >= 0.3 is 0 Å². The van der Waals surface area contributed by atoms with Crippen LogP contribution in [0.1, 0.15) is 53.6 Å². The number of nitrogens with one attached hydrogen (secondary N) is 1. The van der Waals surface area contributed by atoms with E-state index in [1.807, 2.05) is 36.1 Å². The number of hydrogen-bond donors (Lipinski definition) is 1. The number of rotatable bonds is 7. The number of hydrogen-bond acceptors (Lipinski definition) is 7. The first-order chi connectivity index (χ1) is 20.9. The molecule has 0 bridgehead atoms. The summed E-state index contributed by atoms with van der Waals surface area (Å²) in [6, 6.07) is 20.7. The number of halogens is 1. The maximum absolute atomic E-state index is 14.1. The Morgan fingerprint density at radius 1 is 1.05 bits per heavy atom. The largest absolute Gasteiger partial charge is 0.456 e. The van der Waals surface area contributed by atoms with Gasteiger partial charge in [-0.25, -0.2) is 4.39 Å². The minimum absolute atomic E-state index is 0.0604. The monoisotopic (exact) mass is 579 g/mol. The van der Waals surface area contributed by atoms with Gasteiger partial charge < -0.3 is 14.6 Å². The predicted molar refractivity (Wildman–Crippen MR) is 157 cm³/mol. The lowest BCUT2D eigenvalue weighted by Crippen LogP contribution is -2.41. The van der Waals surface area contributed by atoms with Crippen molar-refractivity contribution in [1.29, 1.82) is 0 Å². The molecule has 1 N–H and O–H groups in total. The van der Waals surface area contributed by atoms with Crippen LogP contribution in [-0.4, -0.2) is 60.7 Å². The number of aryl methyl sites for hydroxylation is 1. The Bertz CT molecular complexity index is 1810. The second-order valence-corrected chi connectivity index (χ2v) is 11.4. The van der Waals surface area contributed by atoms with E-state index >= 15 is 0 Å². The number of pyridine rings is 1. The van der Waals surface area contributed by atoms with Gasteiger partial charge in [-0.1, -0.05) is 30.3 Å². The van der Waals surface area contributed by atoms with Gasteiger partial charge in [0, 0.05) is 35.9 Å². The lowest BCUT2D eigenvalue weighted by molar-refractivity contribution is -0.122. The zero-order valence-corrected chi connectivity index (χ0v) is 23.6. The Balaban J connectivity index is 1.05. The van der Waals surface area contributed by atoms with E-state index in [0.29, 0.717) is 47.2 Å². The van der Waals surface area contributed by atoms with Gasteiger partial charge in [0.15, 0.2) is 11.5 Å². The SMILES string of the molecule is Cc1nnn([C@H](c2ccccc2)C2CCN(C(=O)c3cc(-c4cc5cc(NC(=O)C6(F)CC6)ccc5o4)ccn3)CC2)n1. The fraction of sp³-hybridized carbons (Fsp3) is 0.312. The van der Waals surface area contributed by atoms with Crippen LogP contribution in [0, 0.1) is 12.8 Å². The molecule has 43 heavy (non-hydrogen) atoms. The summed E-state index contributed by atoms with van der Waals surface area (Å²) in [5.74, 6) is 0.688. The number of piperidine rings is 1. The van der Waals surface area contributed by atoms with Crippen molar-refractivity contribution in [3.63, 3.8) is 0 Å². The Morgan fingerprint density at radius 2 is 1.84 bits per heavy atom. The van der Waals surface area contributed by atoms with Gasteiger partial charge in [0.05, 0.1) is 0 Å². The summed E-state index contributed by atoms with van der Waals surface area (Å²) >= 11 is 0. The van der Waals surface area contributed by atoms with Crippen LogP contribution in [0.15, 0.2) is 77.3 Å². The molecule has 3 aromatic heterocycles. The van der Waals surface area contributed by atoms with Gasteiger partial charge in [-0.2, -0.15) is 4.80 Å². The van der Waals surface area contributed by atoms with Crippen molar-refractivity contribution in [1.82, 2.24) is 30.1 Å². The molecular weight excluding hydrogens is 549 g/mol. The Labute approximate surface area is 246 Å². The number of furan rings is 1. The molecule has 1 saturated carbocycles. The highest BCUT2D eigenvalue weighted by Crippen LogP contribution is 2.41. The van der Waals surface area contributed by atoms with Crippen LogP contribution in [-0.2, 0) is 4.79 Å². The molecular formula is C32H30FN7O3. The number of amides is 2. The number of anilines is 1. The third-order valence-corrected chi connectivity index (χ3v) is 8.33. The molecule has 1 aliphatic heterocycles. The third kappa shape index (κ3) is 5.38. The highest BCUT2D eigenvalue weighted by Gasteiger charge is 2.50. The number of tetrazole rings is 1. The molecule has 2 aromatic carbocycles. The van der Waals surface area contributed by atoms with Crippen LogP contribution in [0.3, 0.4) is 0 Å². The quantitative estimate of drug-likeness (QED) is 0.275. The zero-order chi connectivity index (χ0) is 29.6. The van der Waals surface area contributed by atoms with Gasteiger partial charge in [0.25, 0.3) is 11.8 Å². The third-order valence-electron chi connectivity index (χ3n) is 8.33. The molecule has 2 amide bonds. The smallest absolute Gasteiger partial charge is 0.272 e. The van der Waals surface area contributed by atoms with Crippen LogP contribution in [0.4, 0.5) is 10.1 Å². The number of carbonyl (C=O) groups is 2. The van der Waals surface area contributed by atoms with Crippen molar-refractivity contribution >= 4 is 28.5 Å². The maximum Gasteiger partial charge on any atom is 0.272 e. The van der Waals surface area contributed by atoms with Crippen molar-refractivity contribution in [2.75, 3.05) is 18.4 Å². The molecule has 10 nitrogen and oxygen atoms in total. The summed E-state index contributed by atoms with van der Waals surface area (Å²) in [6.07, 6.45) is 3.70. The Morgan fingerprint density at radius 3 is 2.56 bits per heavy atom. The minimum Gasteiger partial charge on any atom is -0.456 e. The lowest BCUT2D eigenvalue weighted by Gasteiger charge is -2.35. The number of benzene rings is 2. The van der Waals surface area contributed by atoms with Crippen LogP contribution in [0.25, 0.3) is 22.3 Å². The van der Waals surface area contributed by atoms with E-state index in [-0.39, 0.29) is 30.7 Å². The van der Waals surface area contributed by atoms with Gasteiger partial charge in [-0.05, 0) is 85.7 Å². The topological polar surface area (TPSA) is 119 Å². The number of alkyl halides is 1. The second kappa shape index (κ2) is 10.7. The number of aromatic nitrogens is 5. The molecule has 2 aliphatic rings. The summed E-state index contributed by atoms with van der Waals surface area (Å²) in [5.41, 5.74) is 1.55. The average Bonchev–Trinajstić information content (AvgIpc) is 3.43. The van der Waals surface area contributed by atoms with Crippen molar-refractivity contribution in [2.24, 2.45) is 5.92 Å².